The molecule has 0 bridgehead atoms. The number of benzene rings is 8. The number of hydrogen-bond acceptors (Lipinski definition) is 5. The Bertz CT molecular complexity index is 3070. The standard InChI is InChI=1S/C47H27N3OS/c1-3-15-28(16-4-1)45-48-46(29-17-5-2-6-18-29)50-47(49-45)41-33-22-9-7-20-31(33)40(32-21-8-10-23-34(32)41)37-27-36-30-19-11-13-25-38(30)51-43(36)42-35-24-12-14-26-39(35)52-44(37)42/h1-27H. The van der Waals surface area contributed by atoms with E-state index in [4.69, 9.17) is 19.4 Å². The fourth-order valence-corrected chi connectivity index (χ4v) is 9.05. The van der Waals surface area contributed by atoms with E-state index >= 15 is 0 Å². The third-order valence-corrected chi connectivity index (χ3v) is 11.3. The van der Waals surface area contributed by atoms with Crippen LogP contribution in [0.2, 0.25) is 0 Å². The molecular weight excluding hydrogens is 655 g/mol. The zero-order chi connectivity index (χ0) is 34.2. The molecule has 11 rings (SSSR count). The summed E-state index contributed by atoms with van der Waals surface area (Å²) in [5.41, 5.74) is 7.11. The zero-order valence-electron chi connectivity index (χ0n) is 27.7. The van der Waals surface area contributed by atoms with E-state index in [-0.39, 0.29) is 0 Å². The van der Waals surface area contributed by atoms with Crippen molar-refractivity contribution in [2.24, 2.45) is 0 Å². The molecule has 5 heteroatoms. The van der Waals surface area contributed by atoms with Crippen molar-refractivity contribution in [2.45, 2.75) is 0 Å². The summed E-state index contributed by atoms with van der Waals surface area (Å²) in [6.07, 6.45) is 0. The average Bonchev–Trinajstić information content (AvgIpc) is 3.79. The molecule has 0 aliphatic rings. The first kappa shape index (κ1) is 29.1. The fraction of sp³-hybridized carbons (Fsp3) is 0. The lowest BCUT2D eigenvalue weighted by atomic mass is 9.87. The van der Waals surface area contributed by atoms with Crippen LogP contribution in [0.25, 0.3) is 109 Å². The molecule has 0 atom stereocenters. The third-order valence-electron chi connectivity index (χ3n) is 10.1. The van der Waals surface area contributed by atoms with Gasteiger partial charge in [0.15, 0.2) is 17.5 Å². The first-order valence-corrected chi connectivity index (χ1v) is 18.2. The number of rotatable bonds is 4. The van der Waals surface area contributed by atoms with Crippen LogP contribution in [0.1, 0.15) is 0 Å². The van der Waals surface area contributed by atoms with Crippen molar-refractivity contribution >= 4 is 75.0 Å². The minimum Gasteiger partial charge on any atom is -0.455 e. The molecule has 242 valence electrons. The highest BCUT2D eigenvalue weighted by molar-refractivity contribution is 7.26. The molecule has 4 nitrogen and oxygen atoms in total. The van der Waals surface area contributed by atoms with Gasteiger partial charge >= 0.3 is 0 Å². The third kappa shape index (κ3) is 4.36. The second-order valence-corrected chi connectivity index (χ2v) is 14.1. The quantitative estimate of drug-likeness (QED) is 0.174. The van der Waals surface area contributed by atoms with Crippen molar-refractivity contribution < 1.29 is 4.42 Å². The van der Waals surface area contributed by atoms with Crippen LogP contribution in [0.3, 0.4) is 0 Å². The fourth-order valence-electron chi connectivity index (χ4n) is 7.83. The van der Waals surface area contributed by atoms with Crippen LogP contribution in [-0.4, -0.2) is 15.0 Å². The molecule has 0 fully saturated rings. The van der Waals surface area contributed by atoms with Gasteiger partial charge in [-0.3, -0.25) is 0 Å². The van der Waals surface area contributed by atoms with Crippen LogP contribution in [0.15, 0.2) is 168 Å². The smallest absolute Gasteiger partial charge is 0.165 e. The largest absolute Gasteiger partial charge is 0.455 e. The summed E-state index contributed by atoms with van der Waals surface area (Å²) in [7, 11) is 0. The maximum Gasteiger partial charge on any atom is 0.165 e. The Balaban J connectivity index is 1.28. The molecule has 3 heterocycles. The summed E-state index contributed by atoms with van der Waals surface area (Å²) in [6.45, 7) is 0. The van der Waals surface area contributed by atoms with Gasteiger partial charge in [0.05, 0.1) is 0 Å². The summed E-state index contributed by atoms with van der Waals surface area (Å²) in [6, 6.07) is 57.2. The lowest BCUT2D eigenvalue weighted by molar-refractivity contribution is 0.673. The molecule has 11 aromatic rings. The number of furan rings is 1. The van der Waals surface area contributed by atoms with Crippen molar-refractivity contribution in [1.29, 1.82) is 0 Å². The van der Waals surface area contributed by atoms with Crippen molar-refractivity contribution in [3.8, 4) is 45.3 Å². The highest BCUT2D eigenvalue weighted by atomic mass is 32.1. The topological polar surface area (TPSA) is 51.8 Å². The van der Waals surface area contributed by atoms with E-state index < -0.39 is 0 Å². The first-order chi connectivity index (χ1) is 25.8. The predicted octanol–water partition coefficient (Wildman–Crippen LogP) is 13.1. The van der Waals surface area contributed by atoms with E-state index in [9.17, 15) is 0 Å². The minimum absolute atomic E-state index is 0.644. The van der Waals surface area contributed by atoms with Gasteiger partial charge in [0.2, 0.25) is 0 Å². The average molecular weight is 682 g/mol. The van der Waals surface area contributed by atoms with Crippen LogP contribution in [0.4, 0.5) is 0 Å². The molecule has 0 radical (unpaired) electrons. The summed E-state index contributed by atoms with van der Waals surface area (Å²) in [5.74, 6) is 1.94. The number of hydrogen-bond donors (Lipinski definition) is 0. The number of para-hydroxylation sites is 1. The van der Waals surface area contributed by atoms with E-state index in [2.05, 4.69) is 121 Å². The molecule has 0 aliphatic heterocycles. The van der Waals surface area contributed by atoms with E-state index in [1.807, 2.05) is 53.8 Å². The minimum atomic E-state index is 0.644. The highest BCUT2D eigenvalue weighted by Crippen LogP contribution is 2.51. The van der Waals surface area contributed by atoms with E-state index in [1.54, 1.807) is 0 Å². The van der Waals surface area contributed by atoms with Crippen LogP contribution in [0, 0.1) is 0 Å². The normalized spacial score (nSPS) is 11.8. The monoisotopic (exact) mass is 681 g/mol. The Morgan fingerprint density at radius 1 is 0.404 bits per heavy atom. The van der Waals surface area contributed by atoms with Crippen LogP contribution in [-0.2, 0) is 0 Å². The number of nitrogens with zero attached hydrogens (tertiary/aromatic N) is 3. The van der Waals surface area contributed by atoms with Gasteiger partial charge in [-0.05, 0) is 45.3 Å². The number of fused-ring (bicyclic) bond motifs is 9. The van der Waals surface area contributed by atoms with Crippen LogP contribution >= 0.6 is 11.3 Å². The summed E-state index contributed by atoms with van der Waals surface area (Å²) >= 11 is 1.83. The molecule has 0 amide bonds. The van der Waals surface area contributed by atoms with Gasteiger partial charge in [0.25, 0.3) is 0 Å². The highest BCUT2D eigenvalue weighted by Gasteiger charge is 2.24. The zero-order valence-corrected chi connectivity index (χ0v) is 28.6. The second-order valence-electron chi connectivity index (χ2n) is 13.1. The first-order valence-electron chi connectivity index (χ1n) is 17.4. The maximum atomic E-state index is 6.65. The SMILES string of the molecule is c1ccc(-c2nc(-c3ccccc3)nc(-c3c4ccccc4c(-c4cc5c6ccccc6oc5c5c4sc4ccccc45)c4ccccc34)n2)cc1. The van der Waals surface area contributed by atoms with E-state index in [0.717, 1.165) is 60.2 Å². The maximum absolute atomic E-state index is 6.65. The molecular formula is C47H27N3OS. The summed E-state index contributed by atoms with van der Waals surface area (Å²) in [5, 5.41) is 9.09. The van der Waals surface area contributed by atoms with Crippen molar-refractivity contribution in [1.82, 2.24) is 15.0 Å². The van der Waals surface area contributed by atoms with Crippen molar-refractivity contribution in [3.63, 3.8) is 0 Å². The lowest BCUT2D eigenvalue weighted by Crippen LogP contribution is -2.01. The van der Waals surface area contributed by atoms with Crippen molar-refractivity contribution in [2.75, 3.05) is 0 Å². The van der Waals surface area contributed by atoms with Gasteiger partial charge in [-0.2, -0.15) is 0 Å². The van der Waals surface area contributed by atoms with Gasteiger partial charge in [0.1, 0.15) is 11.2 Å². The van der Waals surface area contributed by atoms with Gasteiger partial charge in [-0.25, -0.2) is 15.0 Å². The molecule has 0 spiro atoms. The molecule has 0 saturated carbocycles. The van der Waals surface area contributed by atoms with Gasteiger partial charge in [-0.1, -0.05) is 146 Å². The molecule has 0 unspecified atom stereocenters. The predicted molar refractivity (Wildman–Crippen MR) is 217 cm³/mol. The lowest BCUT2D eigenvalue weighted by Gasteiger charge is -2.18. The Hall–Kier alpha value is -6.69. The number of aromatic nitrogens is 3. The summed E-state index contributed by atoms with van der Waals surface area (Å²) in [4.78, 5) is 15.4. The number of thiophene rings is 1. The second kappa shape index (κ2) is 11.4. The Labute approximate surface area is 302 Å². The molecule has 52 heavy (non-hydrogen) atoms. The van der Waals surface area contributed by atoms with Crippen LogP contribution in [0.5, 0.6) is 0 Å². The Morgan fingerprint density at radius 3 is 1.50 bits per heavy atom. The summed E-state index contributed by atoms with van der Waals surface area (Å²) < 4.78 is 9.11. The van der Waals surface area contributed by atoms with Crippen molar-refractivity contribution in [3.05, 3.63) is 164 Å². The van der Waals surface area contributed by atoms with Crippen LogP contribution < -0.4 is 0 Å². The molecule has 0 N–H and O–H groups in total. The van der Waals surface area contributed by atoms with E-state index in [0.29, 0.717) is 17.5 Å². The van der Waals surface area contributed by atoms with E-state index in [1.165, 1.54) is 31.3 Å². The Kier molecular flexibility index (Phi) is 6.39. The molecule has 8 aromatic carbocycles. The van der Waals surface area contributed by atoms with Gasteiger partial charge in [-0.15, -0.1) is 11.3 Å². The Morgan fingerprint density at radius 2 is 0.885 bits per heavy atom. The molecule has 3 aromatic heterocycles. The van der Waals surface area contributed by atoms with Gasteiger partial charge < -0.3 is 4.42 Å². The molecule has 0 saturated heterocycles. The van der Waals surface area contributed by atoms with Gasteiger partial charge in [0, 0.05) is 53.2 Å². The molecule has 0 aliphatic carbocycles.